The van der Waals surface area contributed by atoms with Gasteiger partial charge >= 0.3 is 5.97 Å². The summed E-state index contributed by atoms with van der Waals surface area (Å²) in [5, 5.41) is 11.2. The van der Waals surface area contributed by atoms with E-state index in [2.05, 4.69) is 23.2 Å². The van der Waals surface area contributed by atoms with Crippen molar-refractivity contribution in [3.8, 4) is 0 Å². The zero-order valence-corrected chi connectivity index (χ0v) is 11.2. The van der Waals surface area contributed by atoms with Crippen LogP contribution in [0.25, 0.3) is 0 Å². The van der Waals surface area contributed by atoms with Crippen molar-refractivity contribution >= 4 is 11.8 Å². The Kier molecular flexibility index (Phi) is 9.60. The van der Waals surface area contributed by atoms with E-state index < -0.39 is 5.97 Å². The number of carbonyl (C=O) groups is 2. The first-order chi connectivity index (χ1) is 9.02. The predicted octanol–water partition coefficient (Wildman–Crippen LogP) is -0.172. The molecule has 0 aromatic carbocycles. The minimum atomic E-state index is -0.455. The summed E-state index contributed by atoms with van der Waals surface area (Å²) in [5.41, 5.74) is 0.350. The number of hydrogen-bond donors (Lipinski definition) is 2. The van der Waals surface area contributed by atoms with Crippen LogP contribution < -0.4 is 5.32 Å². The van der Waals surface area contributed by atoms with Crippen molar-refractivity contribution in [2.45, 2.75) is 13.0 Å². The number of ketones is 1. The quantitative estimate of drug-likeness (QED) is 0.533. The average molecular weight is 271 g/mol. The standard InChI is InChI=1S/C7H11NO2.C6H10O3/c1-2-6(9)7-5-8-3-4-10-7;1-5(2)6(8)9-4-3-7/h2,7-8H,1,3-5H2;7H,1,3-4H2,2H3. The Morgan fingerprint density at radius 2 is 2.26 bits per heavy atom. The molecule has 1 unspecified atom stereocenters. The van der Waals surface area contributed by atoms with E-state index in [4.69, 9.17) is 9.84 Å². The van der Waals surface area contributed by atoms with Gasteiger partial charge in [-0.05, 0) is 13.0 Å². The van der Waals surface area contributed by atoms with Gasteiger partial charge in [-0.15, -0.1) is 0 Å². The molecule has 1 aliphatic rings. The Morgan fingerprint density at radius 1 is 1.58 bits per heavy atom. The van der Waals surface area contributed by atoms with Crippen LogP contribution in [0, 0.1) is 0 Å². The van der Waals surface area contributed by atoms with Crippen molar-refractivity contribution in [3.05, 3.63) is 24.8 Å². The van der Waals surface area contributed by atoms with Crippen LogP contribution >= 0.6 is 0 Å². The minimum Gasteiger partial charge on any atom is -0.460 e. The van der Waals surface area contributed by atoms with Crippen LogP contribution in [0.1, 0.15) is 6.92 Å². The smallest absolute Gasteiger partial charge is 0.333 e. The largest absolute Gasteiger partial charge is 0.460 e. The fourth-order valence-electron chi connectivity index (χ4n) is 1.14. The lowest BCUT2D eigenvalue weighted by molar-refractivity contribution is -0.139. The first-order valence-corrected chi connectivity index (χ1v) is 5.95. The number of aliphatic hydroxyl groups excluding tert-OH is 1. The molecule has 0 saturated carbocycles. The Bertz CT molecular complexity index is 321. The minimum absolute atomic E-state index is 0.0350. The highest BCUT2D eigenvalue weighted by atomic mass is 16.5. The monoisotopic (exact) mass is 271 g/mol. The summed E-state index contributed by atoms with van der Waals surface area (Å²) >= 11 is 0. The molecule has 1 rings (SSSR count). The van der Waals surface area contributed by atoms with Crippen LogP contribution in [0.5, 0.6) is 0 Å². The molecule has 2 N–H and O–H groups in total. The third-order valence-corrected chi connectivity index (χ3v) is 2.12. The fraction of sp³-hybridized carbons (Fsp3) is 0.538. The van der Waals surface area contributed by atoms with Gasteiger partial charge in [-0.1, -0.05) is 13.2 Å². The third-order valence-electron chi connectivity index (χ3n) is 2.12. The Balaban J connectivity index is 0.000000344. The maximum atomic E-state index is 10.9. The zero-order chi connectivity index (χ0) is 14.7. The number of morpholine rings is 1. The van der Waals surface area contributed by atoms with Crippen molar-refractivity contribution in [1.29, 1.82) is 0 Å². The lowest BCUT2D eigenvalue weighted by Crippen LogP contribution is -2.42. The molecule has 1 fully saturated rings. The van der Waals surface area contributed by atoms with Crippen LogP contribution in [0.2, 0.25) is 0 Å². The van der Waals surface area contributed by atoms with E-state index in [-0.39, 0.29) is 25.1 Å². The highest BCUT2D eigenvalue weighted by Crippen LogP contribution is 1.97. The normalized spacial score (nSPS) is 17.7. The second kappa shape index (κ2) is 10.4. The Labute approximate surface area is 113 Å². The molecule has 0 bridgehead atoms. The first kappa shape index (κ1) is 17.5. The highest BCUT2D eigenvalue weighted by Gasteiger charge is 2.18. The van der Waals surface area contributed by atoms with Gasteiger partial charge in [-0.3, -0.25) is 4.79 Å². The van der Waals surface area contributed by atoms with Gasteiger partial charge in [0.1, 0.15) is 12.7 Å². The fourth-order valence-corrected chi connectivity index (χ4v) is 1.14. The molecular formula is C13H21NO5. The molecule has 0 amide bonds. The van der Waals surface area contributed by atoms with Gasteiger partial charge in [-0.2, -0.15) is 0 Å². The predicted molar refractivity (Wildman–Crippen MR) is 70.7 cm³/mol. The molecular weight excluding hydrogens is 250 g/mol. The number of ether oxygens (including phenoxy) is 2. The molecule has 0 spiro atoms. The van der Waals surface area contributed by atoms with Crippen molar-refractivity contribution in [3.63, 3.8) is 0 Å². The molecule has 0 aromatic heterocycles. The lowest BCUT2D eigenvalue weighted by atomic mass is 10.2. The Morgan fingerprint density at radius 3 is 2.68 bits per heavy atom. The maximum absolute atomic E-state index is 10.9. The van der Waals surface area contributed by atoms with Crippen LogP contribution in [-0.2, 0) is 19.1 Å². The number of carbonyl (C=O) groups excluding carboxylic acids is 2. The summed E-state index contributed by atoms with van der Waals surface area (Å²) in [7, 11) is 0. The number of nitrogens with one attached hydrogen (secondary N) is 1. The van der Waals surface area contributed by atoms with Crippen molar-refractivity contribution in [2.24, 2.45) is 0 Å². The van der Waals surface area contributed by atoms with Gasteiger partial charge in [0.15, 0.2) is 5.78 Å². The number of rotatable bonds is 5. The van der Waals surface area contributed by atoms with E-state index in [9.17, 15) is 9.59 Å². The van der Waals surface area contributed by atoms with Crippen LogP contribution in [-0.4, -0.2) is 55.9 Å². The second-order valence-electron chi connectivity index (χ2n) is 3.81. The summed E-state index contributed by atoms with van der Waals surface area (Å²) < 4.78 is 9.61. The van der Waals surface area contributed by atoms with E-state index in [0.29, 0.717) is 18.7 Å². The third kappa shape index (κ3) is 8.25. The molecule has 0 radical (unpaired) electrons. The molecule has 6 nitrogen and oxygen atoms in total. The van der Waals surface area contributed by atoms with Crippen LogP contribution in [0.15, 0.2) is 24.8 Å². The van der Waals surface area contributed by atoms with Gasteiger partial charge in [0.2, 0.25) is 0 Å². The van der Waals surface area contributed by atoms with E-state index in [1.54, 1.807) is 6.92 Å². The van der Waals surface area contributed by atoms with Crippen molar-refractivity contribution in [1.82, 2.24) is 5.32 Å². The summed E-state index contributed by atoms with van der Waals surface area (Å²) in [6.45, 7) is 10.3. The van der Waals surface area contributed by atoms with Gasteiger partial charge in [-0.25, -0.2) is 4.79 Å². The molecule has 0 aliphatic carbocycles. The van der Waals surface area contributed by atoms with Crippen LogP contribution in [0.3, 0.4) is 0 Å². The lowest BCUT2D eigenvalue weighted by Gasteiger charge is -2.20. The van der Waals surface area contributed by atoms with Crippen molar-refractivity contribution < 1.29 is 24.2 Å². The topological polar surface area (TPSA) is 84.9 Å². The molecule has 1 aliphatic heterocycles. The number of aliphatic hydroxyl groups is 1. The van der Waals surface area contributed by atoms with E-state index >= 15 is 0 Å². The molecule has 1 atom stereocenters. The molecule has 108 valence electrons. The van der Waals surface area contributed by atoms with E-state index in [1.807, 2.05) is 0 Å². The molecule has 6 heteroatoms. The summed E-state index contributed by atoms with van der Waals surface area (Å²) in [5.74, 6) is -0.490. The van der Waals surface area contributed by atoms with E-state index in [0.717, 1.165) is 6.54 Å². The number of esters is 1. The summed E-state index contributed by atoms with van der Waals surface area (Å²) in [6.07, 6.45) is 1.00. The summed E-state index contributed by atoms with van der Waals surface area (Å²) in [4.78, 5) is 21.4. The summed E-state index contributed by atoms with van der Waals surface area (Å²) in [6, 6.07) is 0. The number of hydrogen-bond acceptors (Lipinski definition) is 6. The van der Waals surface area contributed by atoms with Gasteiger partial charge in [0, 0.05) is 18.7 Å². The maximum Gasteiger partial charge on any atom is 0.333 e. The van der Waals surface area contributed by atoms with Gasteiger partial charge in [0.05, 0.1) is 13.2 Å². The molecule has 1 heterocycles. The molecule has 1 saturated heterocycles. The van der Waals surface area contributed by atoms with E-state index in [1.165, 1.54) is 6.08 Å². The van der Waals surface area contributed by atoms with Gasteiger partial charge in [0.25, 0.3) is 0 Å². The SMILES string of the molecule is C=C(C)C(=O)OCCO.C=CC(=O)C1CNCCO1. The second-order valence-corrected chi connectivity index (χ2v) is 3.81. The molecule has 0 aromatic rings. The van der Waals surface area contributed by atoms with Crippen LogP contribution in [0.4, 0.5) is 0 Å². The highest BCUT2D eigenvalue weighted by molar-refractivity contribution is 5.93. The average Bonchev–Trinajstić information content (AvgIpc) is 2.45. The zero-order valence-electron chi connectivity index (χ0n) is 11.2. The first-order valence-electron chi connectivity index (χ1n) is 5.95. The Hall–Kier alpha value is -1.50. The van der Waals surface area contributed by atoms with Gasteiger partial charge < -0.3 is 19.9 Å². The van der Waals surface area contributed by atoms with Crippen molar-refractivity contribution in [2.75, 3.05) is 32.9 Å². The molecule has 19 heavy (non-hydrogen) atoms.